The van der Waals surface area contributed by atoms with Gasteiger partial charge in [-0.05, 0) is 57.1 Å². The van der Waals surface area contributed by atoms with Gasteiger partial charge in [0.15, 0.2) is 4.77 Å². The van der Waals surface area contributed by atoms with Gasteiger partial charge >= 0.3 is 0 Å². The van der Waals surface area contributed by atoms with E-state index >= 15 is 0 Å². The maximum atomic E-state index is 12.9. The maximum absolute atomic E-state index is 12.9. The van der Waals surface area contributed by atoms with Gasteiger partial charge in [-0.25, -0.2) is 0 Å². The summed E-state index contributed by atoms with van der Waals surface area (Å²) in [5, 5.41) is 3.44. The quantitative estimate of drug-likeness (QED) is 0.570. The molecule has 28 heavy (non-hydrogen) atoms. The second kappa shape index (κ2) is 9.45. The molecule has 8 heteroatoms. The minimum atomic E-state index is -0.175. The third-order valence-electron chi connectivity index (χ3n) is 5.45. The van der Waals surface area contributed by atoms with Crippen molar-refractivity contribution in [3.63, 3.8) is 0 Å². The molecule has 0 saturated carbocycles. The van der Waals surface area contributed by atoms with Crippen LogP contribution in [0.5, 0.6) is 0 Å². The predicted molar refractivity (Wildman–Crippen MR) is 112 cm³/mol. The first-order chi connectivity index (χ1) is 13.5. The van der Waals surface area contributed by atoms with E-state index in [-0.39, 0.29) is 17.6 Å². The Labute approximate surface area is 169 Å². The number of carbonyl (C=O) groups is 1. The van der Waals surface area contributed by atoms with Crippen LogP contribution in [0.15, 0.2) is 23.0 Å². The zero-order valence-corrected chi connectivity index (χ0v) is 17.4. The van der Waals surface area contributed by atoms with Crippen LogP contribution in [0.4, 0.5) is 0 Å². The van der Waals surface area contributed by atoms with E-state index in [4.69, 9.17) is 17.0 Å². The molecule has 3 N–H and O–H groups in total. The Bertz CT molecular complexity index is 943. The number of H-pyrrole nitrogens is 1. The van der Waals surface area contributed by atoms with Gasteiger partial charge in [0, 0.05) is 18.7 Å². The number of nitrogens with one attached hydrogen (secondary N) is 3. The van der Waals surface area contributed by atoms with Crippen molar-refractivity contribution >= 4 is 29.0 Å². The van der Waals surface area contributed by atoms with Gasteiger partial charge in [-0.2, -0.15) is 0 Å². The number of fused-ring (bicyclic) bond motifs is 1. The molecular formula is C20H29N4O3S+. The second-order valence-electron chi connectivity index (χ2n) is 7.20. The van der Waals surface area contributed by atoms with Gasteiger partial charge in [0.05, 0.1) is 43.2 Å². The van der Waals surface area contributed by atoms with Crippen LogP contribution in [0.3, 0.4) is 0 Å². The Kier molecular flexibility index (Phi) is 6.98. The topological polar surface area (TPSA) is 80.6 Å². The molecule has 0 radical (unpaired) electrons. The van der Waals surface area contributed by atoms with Crippen molar-refractivity contribution in [2.24, 2.45) is 0 Å². The number of carbonyl (C=O) groups excluding carboxylic acids is 1. The van der Waals surface area contributed by atoms with Crippen molar-refractivity contribution in [2.75, 3.05) is 32.8 Å². The summed E-state index contributed by atoms with van der Waals surface area (Å²) in [6.45, 7) is 8.98. The smallest absolute Gasteiger partial charge is 0.262 e. The Balaban J connectivity index is 1.78. The minimum absolute atomic E-state index is 0.0929. The molecule has 1 fully saturated rings. The Hall–Kier alpha value is -2.03. The number of likely N-dealkylation sites (N-methyl/N-ethyl adjacent to an activating group) is 1. The van der Waals surface area contributed by atoms with Crippen LogP contribution in [0, 0.1) is 4.77 Å². The van der Waals surface area contributed by atoms with Crippen molar-refractivity contribution in [1.82, 2.24) is 14.9 Å². The third-order valence-corrected chi connectivity index (χ3v) is 5.77. The average molecular weight is 406 g/mol. The van der Waals surface area contributed by atoms with Crippen LogP contribution in [-0.4, -0.2) is 54.3 Å². The number of quaternary nitrogens is 1. The highest BCUT2D eigenvalue weighted by Gasteiger charge is 2.17. The van der Waals surface area contributed by atoms with E-state index in [0.29, 0.717) is 34.3 Å². The van der Waals surface area contributed by atoms with Gasteiger partial charge in [0.1, 0.15) is 0 Å². The van der Waals surface area contributed by atoms with Gasteiger partial charge < -0.3 is 19.9 Å². The highest BCUT2D eigenvalue weighted by molar-refractivity contribution is 7.71. The molecule has 3 rings (SSSR count). The zero-order valence-electron chi connectivity index (χ0n) is 16.5. The second-order valence-corrected chi connectivity index (χ2v) is 7.59. The predicted octanol–water partition coefficient (Wildman–Crippen LogP) is 0.893. The number of nitrogens with zero attached hydrogens (tertiary/aromatic N) is 1. The van der Waals surface area contributed by atoms with Crippen LogP contribution in [0.25, 0.3) is 10.9 Å². The number of ether oxygens (including phenoxy) is 1. The van der Waals surface area contributed by atoms with Crippen LogP contribution >= 0.6 is 12.2 Å². The number of hydrogen-bond donors (Lipinski definition) is 3. The standard InChI is InChI=1S/C20H28N4O3S/c1-3-23(4-2)9-10-24-19(26)16-8-7-14(12-17(16)22-20(24)28)18(25)21-13-15-6-5-11-27-15/h7-8,12,15H,3-6,9-11,13H2,1-2H3,(H,21,25)(H,22,28)/p+1. The molecule has 1 atom stereocenters. The highest BCUT2D eigenvalue weighted by Crippen LogP contribution is 2.13. The Morgan fingerprint density at radius 1 is 1.39 bits per heavy atom. The lowest BCUT2D eigenvalue weighted by Crippen LogP contribution is -3.11. The molecule has 2 aromatic rings. The van der Waals surface area contributed by atoms with Crippen molar-refractivity contribution in [3.05, 3.63) is 38.9 Å². The molecule has 1 aromatic heterocycles. The van der Waals surface area contributed by atoms with E-state index in [0.717, 1.165) is 39.1 Å². The van der Waals surface area contributed by atoms with E-state index < -0.39 is 0 Å². The van der Waals surface area contributed by atoms with Gasteiger partial charge in [-0.1, -0.05) is 0 Å². The fourth-order valence-corrected chi connectivity index (χ4v) is 3.87. The average Bonchev–Trinajstić information content (AvgIpc) is 3.22. The Morgan fingerprint density at radius 3 is 2.86 bits per heavy atom. The van der Waals surface area contributed by atoms with Gasteiger partial charge in [0.25, 0.3) is 11.5 Å². The number of benzene rings is 1. The van der Waals surface area contributed by atoms with E-state index in [1.54, 1.807) is 22.8 Å². The van der Waals surface area contributed by atoms with Crippen molar-refractivity contribution in [1.29, 1.82) is 0 Å². The summed E-state index contributed by atoms with van der Waals surface area (Å²) in [7, 11) is 0. The van der Waals surface area contributed by atoms with Gasteiger partial charge in [-0.15, -0.1) is 0 Å². The molecule has 152 valence electrons. The van der Waals surface area contributed by atoms with Gasteiger partial charge in [-0.3, -0.25) is 14.2 Å². The van der Waals surface area contributed by atoms with Gasteiger partial charge in [0.2, 0.25) is 0 Å². The number of aromatic amines is 1. The summed E-state index contributed by atoms with van der Waals surface area (Å²) < 4.78 is 7.53. The monoisotopic (exact) mass is 405 g/mol. The zero-order chi connectivity index (χ0) is 20.1. The molecule has 1 aliphatic heterocycles. The molecule has 1 saturated heterocycles. The number of hydrogen-bond acceptors (Lipinski definition) is 4. The highest BCUT2D eigenvalue weighted by atomic mass is 32.1. The molecule has 1 amide bonds. The molecule has 1 aliphatic rings. The van der Waals surface area contributed by atoms with E-state index in [1.165, 1.54) is 4.90 Å². The molecular weight excluding hydrogens is 376 g/mol. The summed E-state index contributed by atoms with van der Waals surface area (Å²) in [5.41, 5.74) is 0.976. The largest absolute Gasteiger partial charge is 0.376 e. The molecule has 0 spiro atoms. The Morgan fingerprint density at radius 2 is 2.18 bits per heavy atom. The fourth-order valence-electron chi connectivity index (χ4n) is 3.59. The molecule has 1 unspecified atom stereocenters. The molecule has 2 heterocycles. The summed E-state index contributed by atoms with van der Waals surface area (Å²) >= 11 is 5.41. The first kappa shape index (κ1) is 20.7. The van der Waals surface area contributed by atoms with Crippen LogP contribution < -0.4 is 15.8 Å². The number of rotatable bonds is 8. The first-order valence-corrected chi connectivity index (χ1v) is 10.4. The van der Waals surface area contributed by atoms with Crippen molar-refractivity contribution in [2.45, 2.75) is 39.3 Å². The van der Waals surface area contributed by atoms with Crippen molar-refractivity contribution < 1.29 is 14.4 Å². The lowest BCUT2D eigenvalue weighted by molar-refractivity contribution is -0.897. The first-order valence-electron chi connectivity index (χ1n) is 10.0. The van der Waals surface area contributed by atoms with Crippen molar-refractivity contribution in [3.8, 4) is 0 Å². The summed E-state index contributed by atoms with van der Waals surface area (Å²) in [6.07, 6.45) is 2.10. The lowest BCUT2D eigenvalue weighted by atomic mass is 10.1. The van der Waals surface area contributed by atoms with Crippen LogP contribution in [0.2, 0.25) is 0 Å². The number of aromatic nitrogens is 2. The third kappa shape index (κ3) is 4.68. The summed E-state index contributed by atoms with van der Waals surface area (Å²) in [4.78, 5) is 29.8. The molecule has 0 aliphatic carbocycles. The van der Waals surface area contributed by atoms with E-state index in [9.17, 15) is 9.59 Å². The van der Waals surface area contributed by atoms with E-state index in [2.05, 4.69) is 24.1 Å². The lowest BCUT2D eigenvalue weighted by Gasteiger charge is -2.16. The molecule has 0 bridgehead atoms. The van der Waals surface area contributed by atoms with Crippen LogP contribution in [0.1, 0.15) is 37.0 Å². The van der Waals surface area contributed by atoms with E-state index in [1.807, 2.05) is 0 Å². The SMILES string of the molecule is CC[NH+](CC)CCn1c(=S)[nH]c2cc(C(=O)NCC3CCCO3)ccc2c1=O. The van der Waals surface area contributed by atoms with Crippen LogP contribution in [-0.2, 0) is 11.3 Å². The summed E-state index contributed by atoms with van der Waals surface area (Å²) in [5.74, 6) is -0.175. The fraction of sp³-hybridized carbons (Fsp3) is 0.550. The summed E-state index contributed by atoms with van der Waals surface area (Å²) in [6, 6.07) is 5.08. The number of amides is 1. The normalized spacial score (nSPS) is 16.8. The minimum Gasteiger partial charge on any atom is -0.376 e. The molecule has 1 aromatic carbocycles. The molecule has 7 nitrogen and oxygen atoms in total. The maximum Gasteiger partial charge on any atom is 0.262 e.